The summed E-state index contributed by atoms with van der Waals surface area (Å²) >= 11 is 17.8. The first-order valence-electron chi connectivity index (χ1n) is 18.2. The van der Waals surface area contributed by atoms with Gasteiger partial charge < -0.3 is 28.4 Å². The summed E-state index contributed by atoms with van der Waals surface area (Å²) in [4.78, 5) is 70.2. The highest BCUT2D eigenvalue weighted by atomic mass is 35.5. The van der Waals surface area contributed by atoms with Gasteiger partial charge in [0, 0.05) is 18.3 Å². The maximum atomic E-state index is 16.6. The molecule has 1 amide bonds. The molecule has 1 saturated heterocycles. The maximum absolute atomic E-state index is 16.6. The van der Waals surface area contributed by atoms with E-state index in [1.165, 1.54) is 62.0 Å². The minimum atomic E-state index is -4.27. The Morgan fingerprint density at radius 1 is 0.984 bits per heavy atom. The summed E-state index contributed by atoms with van der Waals surface area (Å²) in [6.45, 7) is 2.37. The van der Waals surface area contributed by atoms with Crippen LogP contribution in [0.4, 0.5) is 29.9 Å². The predicted molar refractivity (Wildman–Crippen MR) is 216 cm³/mol. The Labute approximate surface area is 369 Å². The molecule has 0 aliphatic carbocycles. The van der Waals surface area contributed by atoms with E-state index in [4.69, 9.17) is 63.2 Å². The number of carbonyl (C=O) groups excluding carboxylic acids is 3. The average Bonchev–Trinajstić information content (AvgIpc) is 3.77. The number of non-ortho nitro benzene ring substituents is 1. The summed E-state index contributed by atoms with van der Waals surface area (Å²) in [5, 5.41) is 21.2. The third kappa shape index (κ3) is 11.7. The number of nitrogens with zero attached hydrogens (tertiary/aromatic N) is 7. The Hall–Kier alpha value is -6.49. The van der Waals surface area contributed by atoms with E-state index in [1.807, 2.05) is 18.2 Å². The van der Waals surface area contributed by atoms with Gasteiger partial charge in [-0.3, -0.25) is 20.0 Å². The Balaban J connectivity index is 1.29. The number of esters is 1. The molecule has 63 heavy (non-hydrogen) atoms. The van der Waals surface area contributed by atoms with Crippen LogP contribution in [0.5, 0.6) is 5.88 Å². The van der Waals surface area contributed by atoms with Crippen LogP contribution in [0, 0.1) is 10.1 Å². The fourth-order valence-electron chi connectivity index (χ4n) is 5.68. The molecule has 2 aromatic carbocycles. The molecule has 332 valence electrons. The molecule has 5 aromatic rings. The van der Waals surface area contributed by atoms with Crippen molar-refractivity contribution in [2.75, 3.05) is 18.5 Å². The van der Waals surface area contributed by atoms with Crippen LogP contribution in [0.25, 0.3) is 11.3 Å². The van der Waals surface area contributed by atoms with Crippen molar-refractivity contribution in [3.63, 3.8) is 0 Å². The Morgan fingerprint density at radius 2 is 1.70 bits per heavy atom. The maximum Gasteiger partial charge on any atom is 0.509 e. The number of carbonyl (C=O) groups is 3. The molecule has 25 heteroatoms. The number of nitro groups is 1. The van der Waals surface area contributed by atoms with E-state index < -0.39 is 77.8 Å². The van der Waals surface area contributed by atoms with E-state index in [9.17, 15) is 29.3 Å². The second kappa shape index (κ2) is 19.3. The number of benzene rings is 2. The molecule has 1 aliphatic heterocycles. The van der Waals surface area contributed by atoms with Crippen LogP contribution in [0.3, 0.4) is 0 Å². The van der Waals surface area contributed by atoms with Crippen LogP contribution >= 0.6 is 34.8 Å². The molecule has 1 fully saturated rings. The lowest BCUT2D eigenvalue weighted by Crippen LogP contribution is -2.45. The number of hydrogen-bond donors (Lipinski definition) is 1. The highest BCUT2D eigenvalue weighted by Gasteiger charge is 2.63. The quantitative estimate of drug-likeness (QED) is 0.0386. The van der Waals surface area contributed by atoms with Crippen molar-refractivity contribution in [3.05, 3.63) is 120 Å². The van der Waals surface area contributed by atoms with Gasteiger partial charge in [-0.25, -0.2) is 23.9 Å². The van der Waals surface area contributed by atoms with Crippen molar-refractivity contribution in [2.24, 2.45) is 0 Å². The monoisotopic (exact) mass is 936 g/mol. The number of amides is 1. The zero-order valence-electron chi connectivity index (χ0n) is 32.9. The van der Waals surface area contributed by atoms with Crippen LogP contribution in [0.2, 0.25) is 15.2 Å². The Morgan fingerprint density at radius 3 is 2.38 bits per heavy atom. The second-order valence-corrected chi connectivity index (χ2v) is 15.5. The van der Waals surface area contributed by atoms with Crippen LogP contribution in [-0.4, -0.2) is 89.6 Å². The van der Waals surface area contributed by atoms with E-state index >= 15 is 8.78 Å². The van der Waals surface area contributed by atoms with E-state index in [0.717, 1.165) is 11.8 Å². The number of hydrogen-bond acceptors (Lipinski definition) is 16. The SMILES string of the molecule is CC(C)(C)OC(=O)OC1C(COC(=O)COc2nc(Cl)c(Cl)cc2Cl)O[C@@H](n2cc(-c3cn(Cc4ccccc4)nn3)c(NC(=O)OCc3ccc([N+](=O)[O-])cc3)nc2=O)C1(F)F. The van der Waals surface area contributed by atoms with Gasteiger partial charge in [-0.2, -0.15) is 18.7 Å². The number of alkyl halides is 2. The molecule has 0 saturated carbocycles. The summed E-state index contributed by atoms with van der Waals surface area (Å²) < 4.78 is 66.3. The van der Waals surface area contributed by atoms with Crippen molar-refractivity contribution >= 4 is 64.5 Å². The molecule has 0 radical (unpaired) electrons. The molecule has 6 rings (SSSR count). The van der Waals surface area contributed by atoms with E-state index in [0.29, 0.717) is 10.1 Å². The normalized spacial score (nSPS) is 16.8. The van der Waals surface area contributed by atoms with Gasteiger partial charge in [0.05, 0.1) is 28.3 Å². The summed E-state index contributed by atoms with van der Waals surface area (Å²) in [5.41, 5.74) is -1.90. The van der Waals surface area contributed by atoms with Crippen molar-refractivity contribution < 1.29 is 56.5 Å². The second-order valence-electron chi connectivity index (χ2n) is 14.3. The largest absolute Gasteiger partial charge is 0.509 e. The van der Waals surface area contributed by atoms with Crippen LogP contribution in [0.15, 0.2) is 77.9 Å². The van der Waals surface area contributed by atoms with Gasteiger partial charge in [0.15, 0.2) is 17.6 Å². The Bertz CT molecular complexity index is 2560. The standard InChI is InChI=1S/C38H33Cl3F2N8O12/c1-37(2,3)63-36(55)62-29-27(18-58-28(52)19-59-32-25(40)13-24(39)30(41)44-32)61-33(38(29,42)43)50-15-23(26-16-49(48-47-26)14-20-7-5-4-6-8-20)31(45-34(50)53)46-35(54)60-17-21-9-11-22(12-10-21)51(56)57/h4-13,15-16,27,29,33H,14,17-19H2,1-3H3,(H,45,46,53,54)/t27?,29?,33-/m1/s1. The number of nitrogens with one attached hydrogen (secondary N) is 1. The van der Waals surface area contributed by atoms with Crippen molar-refractivity contribution in [3.8, 4) is 17.1 Å². The lowest BCUT2D eigenvalue weighted by Gasteiger charge is -2.26. The highest BCUT2D eigenvalue weighted by molar-refractivity contribution is 6.42. The smallest absolute Gasteiger partial charge is 0.465 e. The van der Waals surface area contributed by atoms with Gasteiger partial charge in [0.1, 0.15) is 35.6 Å². The number of aromatic nitrogens is 6. The summed E-state index contributed by atoms with van der Waals surface area (Å²) in [7, 11) is 0. The van der Waals surface area contributed by atoms with Gasteiger partial charge in [0.25, 0.3) is 5.69 Å². The third-order valence-corrected chi connectivity index (χ3v) is 9.44. The minimum absolute atomic E-state index is 0.00237. The number of halogens is 5. The molecule has 3 atom stereocenters. The highest BCUT2D eigenvalue weighted by Crippen LogP contribution is 2.45. The molecule has 3 aromatic heterocycles. The van der Waals surface area contributed by atoms with E-state index in [-0.39, 0.29) is 51.2 Å². The minimum Gasteiger partial charge on any atom is -0.465 e. The van der Waals surface area contributed by atoms with Crippen LogP contribution < -0.4 is 15.7 Å². The topological polar surface area (TPSA) is 240 Å². The first-order chi connectivity index (χ1) is 29.8. The fraction of sp³-hybridized carbons (Fsp3) is 0.316. The van der Waals surface area contributed by atoms with E-state index in [1.54, 1.807) is 12.1 Å². The predicted octanol–water partition coefficient (Wildman–Crippen LogP) is 7.04. The molecular weight excluding hydrogens is 905 g/mol. The van der Waals surface area contributed by atoms with E-state index in [2.05, 4.69) is 25.6 Å². The summed E-state index contributed by atoms with van der Waals surface area (Å²) in [6, 6.07) is 15.4. The van der Waals surface area contributed by atoms with Gasteiger partial charge in [-0.15, -0.1) is 5.10 Å². The molecule has 20 nitrogen and oxygen atoms in total. The number of anilines is 1. The number of rotatable bonds is 14. The average molecular weight is 938 g/mol. The van der Waals surface area contributed by atoms with Crippen molar-refractivity contribution in [1.82, 2.24) is 29.5 Å². The van der Waals surface area contributed by atoms with Crippen LogP contribution in [-0.2, 0) is 41.6 Å². The van der Waals surface area contributed by atoms with Gasteiger partial charge >= 0.3 is 29.8 Å². The third-order valence-electron chi connectivity index (χ3n) is 8.50. The zero-order chi connectivity index (χ0) is 45.6. The van der Waals surface area contributed by atoms with Gasteiger partial charge in [-0.05, 0) is 50.1 Å². The van der Waals surface area contributed by atoms with Crippen molar-refractivity contribution in [1.29, 1.82) is 0 Å². The molecule has 2 unspecified atom stereocenters. The molecule has 0 bridgehead atoms. The summed E-state index contributed by atoms with van der Waals surface area (Å²) in [5.74, 6) is -6.20. The fourth-order valence-corrected chi connectivity index (χ4v) is 6.23. The first-order valence-corrected chi connectivity index (χ1v) is 19.4. The molecular formula is C38H33Cl3F2N8O12. The molecule has 1 aliphatic rings. The zero-order valence-corrected chi connectivity index (χ0v) is 35.2. The number of ether oxygens (including phenoxy) is 6. The lowest BCUT2D eigenvalue weighted by atomic mass is 10.1. The van der Waals surface area contributed by atoms with Gasteiger partial charge in [0.2, 0.25) is 18.2 Å². The Kier molecular flexibility index (Phi) is 14.1. The molecule has 1 N–H and O–H groups in total. The first kappa shape index (κ1) is 46.0. The van der Waals surface area contributed by atoms with Crippen LogP contribution in [0.1, 0.15) is 38.1 Å². The molecule has 4 heterocycles. The molecule has 0 spiro atoms. The number of pyridine rings is 1. The van der Waals surface area contributed by atoms with Gasteiger partial charge in [-0.1, -0.05) is 70.3 Å². The lowest BCUT2D eigenvalue weighted by molar-refractivity contribution is -0.384. The number of nitro benzene ring substituents is 1. The summed E-state index contributed by atoms with van der Waals surface area (Å²) in [6.07, 6.45) is -7.52. The van der Waals surface area contributed by atoms with Crippen molar-refractivity contribution in [2.45, 2.75) is 63.9 Å².